The van der Waals surface area contributed by atoms with Crippen LogP contribution in [0.4, 0.5) is 4.79 Å². The molecule has 1 saturated heterocycles. The van der Waals surface area contributed by atoms with Crippen molar-refractivity contribution in [3.8, 4) is 11.8 Å². The Kier molecular flexibility index (Phi) is 24.5. The number of Topliss-reactive ketones (excluding diaryl/α,β-unsaturated/α-hetero) is 1. The first-order valence-corrected chi connectivity index (χ1v) is 24.2. The molecule has 56 heavy (non-hydrogen) atoms. The van der Waals surface area contributed by atoms with E-state index in [1.807, 2.05) is 0 Å². The van der Waals surface area contributed by atoms with Crippen LogP contribution in [-0.4, -0.2) is 138 Å². The SMILES string of the molecule is CC(C)(CCONCCOCCOCCN)SSCOCCCCOC(=O)NCC#CC1=CN([C@@H]2CC[C@@H](COP(=O)(O)OP(=O)(O)OP(=O)(O)O)O2)CC1=O. The lowest BCUT2D eigenvalue weighted by molar-refractivity contribution is -0.117. The van der Waals surface area contributed by atoms with Crippen molar-refractivity contribution in [1.82, 2.24) is 15.7 Å². The molecule has 0 radical (unpaired) electrons. The van der Waals surface area contributed by atoms with Crippen molar-refractivity contribution >= 4 is 56.9 Å². The van der Waals surface area contributed by atoms with Gasteiger partial charge in [-0.3, -0.25) is 9.32 Å². The highest BCUT2D eigenvalue weighted by Crippen LogP contribution is 2.66. The number of ketones is 1. The van der Waals surface area contributed by atoms with Crippen LogP contribution >= 0.6 is 45.1 Å². The summed E-state index contributed by atoms with van der Waals surface area (Å²) in [4.78, 5) is 67.5. The molecular weight excluding hydrogens is 849 g/mol. The molecule has 0 bridgehead atoms. The Hall–Kier alpha value is -1.13. The van der Waals surface area contributed by atoms with Crippen LogP contribution in [0.2, 0.25) is 0 Å². The summed E-state index contributed by atoms with van der Waals surface area (Å²) in [5.41, 5.74) is 8.42. The lowest BCUT2D eigenvalue weighted by Crippen LogP contribution is -2.31. The smallest absolute Gasteiger partial charge is 0.450 e. The van der Waals surface area contributed by atoms with E-state index >= 15 is 0 Å². The van der Waals surface area contributed by atoms with Gasteiger partial charge in [-0.2, -0.15) is 8.62 Å². The maximum absolute atomic E-state index is 12.4. The molecule has 0 aromatic rings. The van der Waals surface area contributed by atoms with E-state index in [1.54, 1.807) is 26.5 Å². The summed E-state index contributed by atoms with van der Waals surface area (Å²) in [5, 5.41) is 2.49. The molecule has 4 atom stereocenters. The second-order valence-electron chi connectivity index (χ2n) is 12.3. The number of ether oxygens (including phenoxy) is 5. The van der Waals surface area contributed by atoms with Crippen LogP contribution in [-0.2, 0) is 60.2 Å². The number of carbonyl (C=O) groups excluding carboxylic acids is 2. The number of hydrogen-bond acceptors (Lipinski definition) is 19. The first kappa shape index (κ1) is 51.0. The molecule has 2 unspecified atom stereocenters. The van der Waals surface area contributed by atoms with Crippen molar-refractivity contribution in [2.24, 2.45) is 5.73 Å². The average molecular weight is 903 g/mol. The predicted octanol–water partition coefficient (Wildman–Crippen LogP) is 2.15. The van der Waals surface area contributed by atoms with Gasteiger partial charge in [-0.1, -0.05) is 33.4 Å². The Morgan fingerprint density at radius 2 is 1.73 bits per heavy atom. The molecule has 1 amide bonds. The Bertz CT molecular complexity index is 1450. The summed E-state index contributed by atoms with van der Waals surface area (Å²) in [7, 11) is -13.1. The molecule has 22 nitrogen and oxygen atoms in total. The average Bonchev–Trinajstić information content (AvgIpc) is 3.72. The van der Waals surface area contributed by atoms with Gasteiger partial charge in [0.15, 0.2) is 5.78 Å². The summed E-state index contributed by atoms with van der Waals surface area (Å²) in [6.45, 7) is 8.02. The molecule has 2 aliphatic heterocycles. The summed E-state index contributed by atoms with van der Waals surface area (Å²) in [6, 6.07) is 0. The van der Waals surface area contributed by atoms with Crippen molar-refractivity contribution in [2.75, 3.05) is 85.0 Å². The maximum Gasteiger partial charge on any atom is 0.490 e. The topological polar surface area (TPSA) is 303 Å². The highest BCUT2D eigenvalue weighted by Gasteiger charge is 2.42. The van der Waals surface area contributed by atoms with Gasteiger partial charge in [0.05, 0.1) is 71.0 Å². The number of carbonyl (C=O) groups is 2. The number of hydroxylamine groups is 1. The fourth-order valence-electron chi connectivity index (χ4n) is 4.41. The van der Waals surface area contributed by atoms with E-state index in [2.05, 4.69) is 49.6 Å². The molecular formula is C29H53N4O18P3S2. The number of unbranched alkanes of at least 4 members (excludes halogenated alkanes) is 1. The number of hydrogen-bond donors (Lipinski definition) is 7. The molecule has 27 heteroatoms. The lowest BCUT2D eigenvalue weighted by Gasteiger charge is -2.23. The molecule has 2 heterocycles. The van der Waals surface area contributed by atoms with Crippen molar-refractivity contribution in [1.29, 1.82) is 0 Å². The van der Waals surface area contributed by atoms with Crippen LogP contribution in [0, 0.1) is 11.8 Å². The molecule has 1 fully saturated rings. The molecule has 0 aromatic carbocycles. The number of phosphoric ester groups is 1. The maximum atomic E-state index is 12.4. The van der Waals surface area contributed by atoms with Gasteiger partial charge in [-0.25, -0.2) is 24.0 Å². The van der Waals surface area contributed by atoms with Gasteiger partial charge in [0.2, 0.25) is 0 Å². The van der Waals surface area contributed by atoms with E-state index in [4.69, 9.17) is 44.0 Å². The van der Waals surface area contributed by atoms with Crippen LogP contribution in [0.3, 0.4) is 0 Å². The van der Waals surface area contributed by atoms with Crippen molar-refractivity contribution in [3.05, 3.63) is 11.8 Å². The molecule has 0 aromatic heterocycles. The van der Waals surface area contributed by atoms with Crippen LogP contribution in [0.25, 0.3) is 0 Å². The third-order valence-electron chi connectivity index (χ3n) is 6.98. The Balaban J connectivity index is 1.50. The molecule has 0 spiro atoms. The first-order chi connectivity index (χ1) is 26.4. The van der Waals surface area contributed by atoms with Gasteiger partial charge in [0, 0.05) is 30.6 Å². The summed E-state index contributed by atoms with van der Waals surface area (Å²) < 4.78 is 73.2. The molecule has 2 aliphatic rings. The van der Waals surface area contributed by atoms with Crippen LogP contribution in [0.1, 0.15) is 46.0 Å². The van der Waals surface area contributed by atoms with Gasteiger partial charge in [0.25, 0.3) is 0 Å². The van der Waals surface area contributed by atoms with Crippen LogP contribution < -0.4 is 16.5 Å². The number of nitrogens with one attached hydrogen (secondary N) is 2. The van der Waals surface area contributed by atoms with E-state index in [-0.39, 0.29) is 35.8 Å². The molecule has 0 saturated carbocycles. The summed E-state index contributed by atoms with van der Waals surface area (Å²) in [5.74, 6) is 5.62. The first-order valence-electron chi connectivity index (χ1n) is 17.3. The van der Waals surface area contributed by atoms with E-state index in [0.717, 1.165) is 6.42 Å². The molecule has 2 rings (SSSR count). The zero-order valence-electron chi connectivity index (χ0n) is 31.1. The highest BCUT2D eigenvalue weighted by atomic mass is 33.1. The highest BCUT2D eigenvalue weighted by molar-refractivity contribution is 8.77. The number of rotatable bonds is 30. The minimum absolute atomic E-state index is 0.0103. The van der Waals surface area contributed by atoms with E-state index in [9.17, 15) is 33.1 Å². The second kappa shape index (κ2) is 26.9. The lowest BCUT2D eigenvalue weighted by atomic mass is 10.1. The van der Waals surface area contributed by atoms with E-state index < -0.39 is 48.5 Å². The fraction of sp³-hybridized carbons (Fsp3) is 0.793. The zero-order chi connectivity index (χ0) is 41.5. The second-order valence-corrected chi connectivity index (χ2v) is 19.7. The minimum Gasteiger partial charge on any atom is -0.450 e. The normalized spacial score (nSPS) is 19.6. The van der Waals surface area contributed by atoms with Crippen LogP contribution in [0.5, 0.6) is 0 Å². The number of nitrogens with two attached hydrogens (primary N) is 1. The largest absolute Gasteiger partial charge is 0.490 e. The third kappa shape index (κ3) is 24.7. The number of amides is 1. The van der Waals surface area contributed by atoms with Gasteiger partial charge in [0.1, 0.15) is 12.2 Å². The zero-order valence-corrected chi connectivity index (χ0v) is 35.5. The summed E-state index contributed by atoms with van der Waals surface area (Å²) >= 11 is 0. The van der Waals surface area contributed by atoms with Crippen molar-refractivity contribution in [2.45, 2.75) is 63.0 Å². The number of phosphoric acid groups is 3. The predicted molar refractivity (Wildman–Crippen MR) is 203 cm³/mol. The van der Waals surface area contributed by atoms with Crippen molar-refractivity contribution in [3.63, 3.8) is 0 Å². The molecule has 0 aliphatic carbocycles. The minimum atomic E-state index is -5.63. The Morgan fingerprint density at radius 3 is 2.46 bits per heavy atom. The van der Waals surface area contributed by atoms with Gasteiger partial charge >= 0.3 is 29.6 Å². The van der Waals surface area contributed by atoms with Crippen LogP contribution in [0.15, 0.2) is 11.8 Å². The van der Waals surface area contributed by atoms with Gasteiger partial charge in [-0.15, -0.1) is 0 Å². The third-order valence-corrected chi connectivity index (χ3v) is 13.8. The Labute approximate surface area is 333 Å². The van der Waals surface area contributed by atoms with Gasteiger partial charge in [-0.05, 0) is 46.0 Å². The summed E-state index contributed by atoms with van der Waals surface area (Å²) in [6.07, 6.45) is 2.27. The Morgan fingerprint density at radius 1 is 1.00 bits per heavy atom. The fourth-order valence-corrected chi connectivity index (χ4v) is 9.74. The molecule has 324 valence electrons. The van der Waals surface area contributed by atoms with E-state index in [0.29, 0.717) is 84.4 Å². The molecule has 8 N–H and O–H groups in total. The quantitative estimate of drug-likeness (QED) is 0.0136. The van der Waals surface area contributed by atoms with E-state index in [1.165, 1.54) is 6.20 Å². The van der Waals surface area contributed by atoms with Gasteiger partial charge < -0.3 is 64.0 Å². The number of nitrogens with zero attached hydrogens (tertiary/aromatic N) is 1. The van der Waals surface area contributed by atoms with Crippen molar-refractivity contribution < 1.29 is 84.5 Å². The number of alkyl carbamates (subject to hydrolysis) is 1. The standard InChI is InChI=1S/C29H53N4O18P3S2/c1-29(2,9-15-47-32-12-17-44-19-18-43-16-10-30)56-55-23-45-13-3-4-14-46-28(35)31-11-5-6-24-20-33(21-26(24)34)27-8-7-25(49-27)22-48-53(39,40)51-54(41,42)50-52(36,37)38/h20,25,27,32H,3-4,7-19,21-23,30H2,1-2H3,(H,31,35)(H,39,40)(H,41,42)(H2,36,37,38)/t25-,27-/m0/s1. The monoisotopic (exact) mass is 902 g/mol.